The number of hydrogen-bond acceptors (Lipinski definition) is 2. The van der Waals surface area contributed by atoms with E-state index in [1.807, 2.05) is 0 Å². The van der Waals surface area contributed by atoms with E-state index < -0.39 is 18.5 Å². The van der Waals surface area contributed by atoms with Gasteiger partial charge in [-0.2, -0.15) is 13.2 Å². The molecule has 0 aliphatic heterocycles. The number of halogens is 4. The molecule has 1 aromatic carbocycles. The Morgan fingerprint density at radius 2 is 1.84 bits per heavy atom. The molecular weight excluding hydrogens is 260 g/mol. The van der Waals surface area contributed by atoms with Crippen LogP contribution in [0.1, 0.15) is 25.0 Å². The second-order valence-corrected chi connectivity index (χ2v) is 4.73. The van der Waals surface area contributed by atoms with Gasteiger partial charge in [-0.05, 0) is 37.1 Å². The zero-order valence-corrected chi connectivity index (χ0v) is 11.0. The number of rotatable bonds is 5. The lowest BCUT2D eigenvalue weighted by Gasteiger charge is -2.28. The quantitative estimate of drug-likeness (QED) is 0.839. The van der Waals surface area contributed by atoms with Gasteiger partial charge in [0.05, 0.1) is 6.54 Å². The molecule has 1 rings (SSSR count). The first-order chi connectivity index (χ1) is 8.73. The average molecular weight is 278 g/mol. The summed E-state index contributed by atoms with van der Waals surface area (Å²) in [5.74, 6) is -0.470. The van der Waals surface area contributed by atoms with Gasteiger partial charge < -0.3 is 5.73 Å². The van der Waals surface area contributed by atoms with Crippen LogP contribution >= 0.6 is 0 Å². The fourth-order valence-electron chi connectivity index (χ4n) is 1.81. The summed E-state index contributed by atoms with van der Waals surface area (Å²) < 4.78 is 50.7. The maximum atomic E-state index is 13.2. The van der Waals surface area contributed by atoms with Crippen LogP contribution < -0.4 is 5.73 Å². The third-order valence-electron chi connectivity index (χ3n) is 2.87. The van der Waals surface area contributed by atoms with Crippen LogP contribution in [-0.4, -0.2) is 23.7 Å². The molecule has 1 aromatic rings. The smallest absolute Gasteiger partial charge is 0.326 e. The summed E-state index contributed by atoms with van der Waals surface area (Å²) in [7, 11) is 0. The minimum absolute atomic E-state index is 0.0292. The fraction of sp³-hybridized carbons (Fsp3) is 0.538. The summed E-state index contributed by atoms with van der Waals surface area (Å²) in [5, 5.41) is 0. The first kappa shape index (κ1) is 15.9. The first-order valence-electron chi connectivity index (χ1n) is 6.01. The number of nitrogens with two attached hydrogens (primary N) is 1. The monoisotopic (exact) mass is 278 g/mol. The van der Waals surface area contributed by atoms with Gasteiger partial charge in [-0.15, -0.1) is 0 Å². The standard InChI is InChI=1S/C13H18F4N2/c1-9(2)19(8-13(15,16)17)7-11-5-12(14)4-3-10(11)6-18/h3-5,9H,6-8,18H2,1-2H3. The van der Waals surface area contributed by atoms with E-state index in [1.54, 1.807) is 13.8 Å². The van der Waals surface area contributed by atoms with Crippen molar-refractivity contribution in [2.45, 2.75) is 39.2 Å². The van der Waals surface area contributed by atoms with Gasteiger partial charge in [0.15, 0.2) is 0 Å². The fourth-order valence-corrected chi connectivity index (χ4v) is 1.81. The molecule has 0 saturated heterocycles. The molecule has 0 saturated carbocycles. The molecule has 0 bridgehead atoms. The van der Waals surface area contributed by atoms with Crippen LogP contribution in [0.5, 0.6) is 0 Å². The van der Waals surface area contributed by atoms with Gasteiger partial charge in [-0.1, -0.05) is 6.07 Å². The Morgan fingerprint density at radius 1 is 1.21 bits per heavy atom. The summed E-state index contributed by atoms with van der Waals surface area (Å²) in [4.78, 5) is 1.24. The Labute approximate surface area is 110 Å². The Balaban J connectivity index is 2.93. The predicted molar refractivity (Wildman–Crippen MR) is 65.9 cm³/mol. The van der Waals surface area contributed by atoms with Crippen LogP contribution in [0.25, 0.3) is 0 Å². The van der Waals surface area contributed by atoms with E-state index in [1.165, 1.54) is 23.1 Å². The zero-order chi connectivity index (χ0) is 14.6. The topological polar surface area (TPSA) is 29.3 Å². The molecule has 2 nitrogen and oxygen atoms in total. The Bertz CT molecular complexity index is 416. The van der Waals surface area contributed by atoms with Crippen LogP contribution in [0, 0.1) is 5.82 Å². The highest BCUT2D eigenvalue weighted by atomic mass is 19.4. The maximum absolute atomic E-state index is 13.2. The third-order valence-corrected chi connectivity index (χ3v) is 2.87. The van der Waals surface area contributed by atoms with Gasteiger partial charge in [-0.3, -0.25) is 4.90 Å². The molecule has 0 spiro atoms. The molecule has 0 radical (unpaired) electrons. The zero-order valence-electron chi connectivity index (χ0n) is 11.0. The maximum Gasteiger partial charge on any atom is 0.401 e. The first-order valence-corrected chi connectivity index (χ1v) is 6.01. The van der Waals surface area contributed by atoms with Gasteiger partial charge >= 0.3 is 6.18 Å². The third kappa shape index (κ3) is 5.16. The van der Waals surface area contributed by atoms with Crippen molar-refractivity contribution < 1.29 is 17.6 Å². The molecule has 2 N–H and O–H groups in total. The molecule has 0 fully saturated rings. The van der Waals surface area contributed by atoms with E-state index in [2.05, 4.69) is 0 Å². The van der Waals surface area contributed by atoms with Crippen molar-refractivity contribution in [2.24, 2.45) is 5.73 Å². The van der Waals surface area contributed by atoms with Crippen molar-refractivity contribution in [3.05, 3.63) is 35.1 Å². The van der Waals surface area contributed by atoms with Gasteiger partial charge in [0.1, 0.15) is 5.82 Å². The largest absolute Gasteiger partial charge is 0.401 e. The summed E-state index contributed by atoms with van der Waals surface area (Å²) in [6.45, 7) is 2.53. The Kier molecular flexibility index (Phi) is 5.31. The number of benzene rings is 1. The highest BCUT2D eigenvalue weighted by molar-refractivity contribution is 5.27. The molecule has 19 heavy (non-hydrogen) atoms. The highest BCUT2D eigenvalue weighted by Crippen LogP contribution is 2.21. The minimum Gasteiger partial charge on any atom is -0.326 e. The van der Waals surface area contributed by atoms with Gasteiger partial charge in [0.2, 0.25) is 0 Å². The van der Waals surface area contributed by atoms with Crippen LogP contribution in [0.4, 0.5) is 17.6 Å². The SMILES string of the molecule is CC(C)N(Cc1cc(F)ccc1CN)CC(F)(F)F. The molecule has 0 aliphatic carbocycles. The molecule has 0 aliphatic rings. The van der Waals surface area contributed by atoms with E-state index in [-0.39, 0.29) is 19.1 Å². The Morgan fingerprint density at radius 3 is 2.32 bits per heavy atom. The van der Waals surface area contributed by atoms with Crippen LogP contribution in [0.3, 0.4) is 0 Å². The van der Waals surface area contributed by atoms with E-state index in [4.69, 9.17) is 5.73 Å². The molecular formula is C13H18F4N2. The van der Waals surface area contributed by atoms with E-state index >= 15 is 0 Å². The van der Waals surface area contributed by atoms with Crippen molar-refractivity contribution in [2.75, 3.05) is 6.54 Å². The lowest BCUT2D eigenvalue weighted by Crippen LogP contribution is -2.38. The molecule has 0 unspecified atom stereocenters. The average Bonchev–Trinajstić information content (AvgIpc) is 2.26. The van der Waals surface area contributed by atoms with E-state index in [0.717, 1.165) is 0 Å². The molecule has 0 heterocycles. The van der Waals surface area contributed by atoms with Crippen LogP contribution in [-0.2, 0) is 13.1 Å². The number of alkyl halides is 3. The molecule has 0 amide bonds. The van der Waals surface area contributed by atoms with Crippen molar-refractivity contribution in [1.82, 2.24) is 4.90 Å². The summed E-state index contributed by atoms with van der Waals surface area (Å²) in [6, 6.07) is 3.72. The predicted octanol–water partition coefficient (Wildman–Crippen LogP) is 3.06. The molecule has 6 heteroatoms. The van der Waals surface area contributed by atoms with Crippen molar-refractivity contribution in [3.63, 3.8) is 0 Å². The van der Waals surface area contributed by atoms with Gasteiger partial charge in [0, 0.05) is 19.1 Å². The molecule has 0 aromatic heterocycles. The van der Waals surface area contributed by atoms with Gasteiger partial charge in [-0.25, -0.2) is 4.39 Å². The number of hydrogen-bond donors (Lipinski definition) is 1. The molecule has 108 valence electrons. The van der Waals surface area contributed by atoms with Gasteiger partial charge in [0.25, 0.3) is 0 Å². The minimum atomic E-state index is -4.28. The van der Waals surface area contributed by atoms with Crippen LogP contribution in [0.2, 0.25) is 0 Å². The molecule has 0 atom stereocenters. The van der Waals surface area contributed by atoms with Crippen molar-refractivity contribution in [3.8, 4) is 0 Å². The van der Waals surface area contributed by atoms with E-state index in [0.29, 0.717) is 11.1 Å². The number of nitrogens with zero attached hydrogens (tertiary/aromatic N) is 1. The lowest BCUT2D eigenvalue weighted by molar-refractivity contribution is -0.150. The lowest BCUT2D eigenvalue weighted by atomic mass is 10.1. The normalized spacial score (nSPS) is 12.5. The highest BCUT2D eigenvalue weighted by Gasteiger charge is 2.31. The summed E-state index contributed by atoms with van der Waals surface area (Å²) >= 11 is 0. The van der Waals surface area contributed by atoms with E-state index in [9.17, 15) is 17.6 Å². The summed E-state index contributed by atoms with van der Waals surface area (Å²) in [6.07, 6.45) is -4.28. The van der Waals surface area contributed by atoms with Crippen molar-refractivity contribution in [1.29, 1.82) is 0 Å². The van der Waals surface area contributed by atoms with Crippen LogP contribution in [0.15, 0.2) is 18.2 Å². The van der Waals surface area contributed by atoms with Crippen molar-refractivity contribution >= 4 is 0 Å². The summed E-state index contributed by atoms with van der Waals surface area (Å²) in [5.41, 5.74) is 6.68. The second-order valence-electron chi connectivity index (χ2n) is 4.73. The second kappa shape index (κ2) is 6.34. The Hall–Kier alpha value is -1.14.